The largest absolute Gasteiger partial charge is 0.454 e. The van der Waals surface area contributed by atoms with E-state index in [1.54, 1.807) is 13.8 Å². The Labute approximate surface area is 108 Å². The molecule has 0 spiro atoms. The van der Waals surface area contributed by atoms with Crippen molar-refractivity contribution < 1.29 is 19.1 Å². The third kappa shape index (κ3) is 7.35. The summed E-state index contributed by atoms with van der Waals surface area (Å²) in [5.41, 5.74) is 0. The van der Waals surface area contributed by atoms with Crippen LogP contribution >= 0.6 is 0 Å². The average Bonchev–Trinajstić information content (AvgIpc) is 2.33. The molecule has 2 unspecified atom stereocenters. The maximum atomic E-state index is 11.3. The van der Waals surface area contributed by atoms with Gasteiger partial charge in [-0.3, -0.25) is 0 Å². The molecule has 0 amide bonds. The van der Waals surface area contributed by atoms with E-state index < -0.39 is 24.1 Å². The second-order valence-electron chi connectivity index (χ2n) is 3.92. The molecule has 0 aliphatic rings. The molecule has 98 valence electrons. The first kappa shape index (κ1) is 16.1. The number of esters is 2. The first-order chi connectivity index (χ1) is 8.51. The van der Waals surface area contributed by atoms with Crippen LogP contribution in [0.3, 0.4) is 0 Å². The van der Waals surface area contributed by atoms with Crippen LogP contribution in [0.2, 0.25) is 0 Å². The molecule has 0 rings (SSSR count). The molecular weight excluding hydrogens is 232 g/mol. The van der Waals surface area contributed by atoms with Gasteiger partial charge in [-0.25, -0.2) is 9.59 Å². The van der Waals surface area contributed by atoms with Gasteiger partial charge < -0.3 is 9.47 Å². The van der Waals surface area contributed by atoms with E-state index in [2.05, 4.69) is 11.8 Å². The molecule has 4 heteroatoms. The van der Waals surface area contributed by atoms with Crippen molar-refractivity contribution in [2.45, 2.75) is 51.7 Å². The summed E-state index contributed by atoms with van der Waals surface area (Å²) in [4.78, 5) is 22.7. The SMILES string of the molecule is C#CCCC(C)OC(=O)C(=O)OC(C)CCC#C. The Hall–Kier alpha value is -1.94. The van der Waals surface area contributed by atoms with Crippen LogP contribution in [-0.2, 0) is 19.1 Å². The molecule has 0 aromatic carbocycles. The van der Waals surface area contributed by atoms with Gasteiger partial charge in [0.25, 0.3) is 0 Å². The number of carbonyl (C=O) groups excluding carboxylic acids is 2. The van der Waals surface area contributed by atoms with Crippen molar-refractivity contribution in [1.82, 2.24) is 0 Å². The van der Waals surface area contributed by atoms with Gasteiger partial charge >= 0.3 is 11.9 Å². The first-order valence-electron chi connectivity index (χ1n) is 5.79. The molecule has 0 N–H and O–H groups in total. The molecule has 0 aromatic heterocycles. The molecule has 0 fully saturated rings. The summed E-state index contributed by atoms with van der Waals surface area (Å²) in [7, 11) is 0. The van der Waals surface area contributed by atoms with Crippen molar-refractivity contribution >= 4 is 11.9 Å². The molecule has 0 saturated carbocycles. The Bertz CT molecular complexity index is 323. The Morgan fingerprint density at radius 2 is 1.28 bits per heavy atom. The average molecular weight is 250 g/mol. The molecule has 4 nitrogen and oxygen atoms in total. The van der Waals surface area contributed by atoms with E-state index in [0.717, 1.165) is 0 Å². The molecule has 0 aliphatic carbocycles. The van der Waals surface area contributed by atoms with E-state index in [1.165, 1.54) is 0 Å². The third-order valence-corrected chi connectivity index (χ3v) is 2.17. The number of terminal acetylenes is 2. The summed E-state index contributed by atoms with van der Waals surface area (Å²) in [6.45, 7) is 3.34. The number of ether oxygens (including phenoxy) is 2. The molecular formula is C14H18O4. The summed E-state index contributed by atoms with van der Waals surface area (Å²) in [5, 5.41) is 0. The van der Waals surface area contributed by atoms with Crippen LogP contribution in [0.25, 0.3) is 0 Å². The molecule has 0 radical (unpaired) electrons. The van der Waals surface area contributed by atoms with Crippen molar-refractivity contribution in [3.63, 3.8) is 0 Å². The lowest BCUT2D eigenvalue weighted by Crippen LogP contribution is -2.27. The molecule has 0 heterocycles. The lowest BCUT2D eigenvalue weighted by molar-refractivity contribution is -0.173. The highest BCUT2D eigenvalue weighted by molar-refractivity contribution is 6.29. The zero-order valence-electron chi connectivity index (χ0n) is 10.8. The van der Waals surface area contributed by atoms with Gasteiger partial charge in [-0.15, -0.1) is 24.7 Å². The highest BCUT2D eigenvalue weighted by atomic mass is 16.6. The fourth-order valence-corrected chi connectivity index (χ4v) is 1.15. The van der Waals surface area contributed by atoms with E-state index >= 15 is 0 Å². The highest BCUT2D eigenvalue weighted by Gasteiger charge is 2.22. The maximum Gasteiger partial charge on any atom is 0.417 e. The molecule has 0 saturated heterocycles. The van der Waals surface area contributed by atoms with E-state index in [0.29, 0.717) is 25.7 Å². The fraction of sp³-hybridized carbons (Fsp3) is 0.571. The second kappa shape index (κ2) is 9.13. The van der Waals surface area contributed by atoms with Crippen molar-refractivity contribution in [2.24, 2.45) is 0 Å². The number of hydrogen-bond acceptors (Lipinski definition) is 4. The number of rotatable bonds is 6. The Morgan fingerprint density at radius 3 is 1.56 bits per heavy atom. The van der Waals surface area contributed by atoms with Gasteiger partial charge in [0.15, 0.2) is 0 Å². The van der Waals surface area contributed by atoms with Crippen LogP contribution in [0.4, 0.5) is 0 Å². The van der Waals surface area contributed by atoms with Gasteiger partial charge in [0.2, 0.25) is 0 Å². The standard InChI is InChI=1S/C14H18O4/c1-5-7-9-11(3)17-13(15)14(16)18-12(4)10-8-6-2/h1-2,11-12H,7-10H2,3-4H3. The van der Waals surface area contributed by atoms with E-state index in [-0.39, 0.29) is 0 Å². The smallest absolute Gasteiger partial charge is 0.417 e. The number of carbonyl (C=O) groups is 2. The summed E-state index contributed by atoms with van der Waals surface area (Å²) in [6.07, 6.45) is 11.4. The van der Waals surface area contributed by atoms with Gasteiger partial charge in [0.1, 0.15) is 12.2 Å². The van der Waals surface area contributed by atoms with Gasteiger partial charge in [-0.1, -0.05) is 0 Å². The van der Waals surface area contributed by atoms with Crippen molar-refractivity contribution in [2.75, 3.05) is 0 Å². The lowest BCUT2D eigenvalue weighted by atomic mass is 10.2. The van der Waals surface area contributed by atoms with Crippen LogP contribution in [0.1, 0.15) is 39.5 Å². The topological polar surface area (TPSA) is 52.6 Å². The van der Waals surface area contributed by atoms with Gasteiger partial charge in [0.05, 0.1) is 0 Å². The summed E-state index contributed by atoms with van der Waals surface area (Å²) < 4.78 is 9.74. The predicted molar refractivity (Wildman–Crippen MR) is 67.2 cm³/mol. The van der Waals surface area contributed by atoms with E-state index in [9.17, 15) is 9.59 Å². The van der Waals surface area contributed by atoms with Gasteiger partial charge in [0, 0.05) is 12.8 Å². The first-order valence-corrected chi connectivity index (χ1v) is 5.79. The van der Waals surface area contributed by atoms with Crippen molar-refractivity contribution in [3.05, 3.63) is 0 Å². The van der Waals surface area contributed by atoms with E-state index in [4.69, 9.17) is 22.3 Å². The van der Waals surface area contributed by atoms with Crippen LogP contribution in [0.15, 0.2) is 0 Å². The third-order valence-electron chi connectivity index (χ3n) is 2.17. The number of hydrogen-bond donors (Lipinski definition) is 0. The molecule has 0 aliphatic heterocycles. The quantitative estimate of drug-likeness (QED) is 0.409. The predicted octanol–water partition coefficient (Wildman–Crippen LogP) is 1.68. The zero-order chi connectivity index (χ0) is 14.0. The van der Waals surface area contributed by atoms with Crippen molar-refractivity contribution in [1.29, 1.82) is 0 Å². The van der Waals surface area contributed by atoms with Gasteiger partial charge in [-0.2, -0.15) is 0 Å². The van der Waals surface area contributed by atoms with Gasteiger partial charge in [-0.05, 0) is 26.7 Å². The minimum absolute atomic E-state index is 0.401. The van der Waals surface area contributed by atoms with E-state index in [1.807, 2.05) is 0 Å². The molecule has 2 atom stereocenters. The zero-order valence-corrected chi connectivity index (χ0v) is 10.8. The molecule has 0 bridgehead atoms. The Morgan fingerprint density at radius 1 is 0.944 bits per heavy atom. The Balaban J connectivity index is 4.00. The summed E-state index contributed by atoms with van der Waals surface area (Å²) >= 11 is 0. The highest BCUT2D eigenvalue weighted by Crippen LogP contribution is 2.05. The summed E-state index contributed by atoms with van der Waals surface area (Å²) in [5.74, 6) is 2.87. The van der Waals surface area contributed by atoms with Crippen LogP contribution < -0.4 is 0 Å². The minimum Gasteiger partial charge on any atom is -0.454 e. The molecule has 18 heavy (non-hydrogen) atoms. The monoisotopic (exact) mass is 250 g/mol. The second-order valence-corrected chi connectivity index (χ2v) is 3.92. The Kier molecular flexibility index (Phi) is 8.14. The molecule has 0 aromatic rings. The fourth-order valence-electron chi connectivity index (χ4n) is 1.15. The summed E-state index contributed by atoms with van der Waals surface area (Å²) in [6, 6.07) is 0. The van der Waals surface area contributed by atoms with Crippen LogP contribution in [-0.4, -0.2) is 24.1 Å². The van der Waals surface area contributed by atoms with Crippen LogP contribution in [0.5, 0.6) is 0 Å². The minimum atomic E-state index is -0.993. The lowest BCUT2D eigenvalue weighted by Gasteiger charge is -2.14. The normalized spacial score (nSPS) is 12.7. The van der Waals surface area contributed by atoms with Crippen LogP contribution in [0, 0.1) is 24.7 Å². The van der Waals surface area contributed by atoms with Crippen molar-refractivity contribution in [3.8, 4) is 24.7 Å². The maximum absolute atomic E-state index is 11.3.